The molecule has 0 saturated carbocycles. The van der Waals surface area contributed by atoms with Crippen LogP contribution in [0.25, 0.3) is 22.4 Å². The van der Waals surface area contributed by atoms with Crippen LogP contribution in [0.4, 0.5) is 0 Å². The van der Waals surface area contributed by atoms with E-state index in [2.05, 4.69) is 37.3 Å². The molecule has 148 valence electrons. The van der Waals surface area contributed by atoms with Crippen LogP contribution in [0.15, 0.2) is 72.9 Å². The molecular weight excluding hydrogens is 378 g/mol. The number of benzene rings is 2. The Hall–Kier alpha value is -3.97. The molecule has 2 aromatic carbocycles. The topological polar surface area (TPSA) is 99.7 Å². The molecule has 7 heteroatoms. The van der Waals surface area contributed by atoms with Gasteiger partial charge in [-0.15, -0.1) is 10.2 Å². The Bertz CT molecular complexity index is 1290. The first-order valence-electron chi connectivity index (χ1n) is 9.60. The van der Waals surface area contributed by atoms with Crippen LogP contribution in [-0.4, -0.2) is 30.3 Å². The van der Waals surface area contributed by atoms with Gasteiger partial charge in [0.1, 0.15) is 11.6 Å². The molecule has 5 rings (SSSR count). The molecule has 3 N–H and O–H groups in total. The molecule has 0 bridgehead atoms. The molecule has 3 aromatic heterocycles. The Morgan fingerprint density at radius 1 is 0.933 bits per heavy atom. The van der Waals surface area contributed by atoms with Gasteiger partial charge in [-0.05, 0) is 23.8 Å². The third kappa shape index (κ3) is 3.66. The standard InChI is InChI=1S/C23H19N5O2/c29-14-17-13-24-19-9-10-21(26-22(17)19)30-18-8-4-7-16(12-18)23-25-20(27-28-23)11-15-5-2-1-3-6-15/h1-10,12-13,24,29H,11,14H2,(H,25,27,28). The van der Waals surface area contributed by atoms with Gasteiger partial charge in [-0.2, -0.15) is 0 Å². The van der Waals surface area contributed by atoms with E-state index in [4.69, 9.17) is 4.74 Å². The largest absolute Gasteiger partial charge is 0.439 e. The highest BCUT2D eigenvalue weighted by Crippen LogP contribution is 2.27. The molecule has 0 fully saturated rings. The fourth-order valence-electron chi connectivity index (χ4n) is 3.34. The highest BCUT2D eigenvalue weighted by molar-refractivity contribution is 5.79. The zero-order chi connectivity index (χ0) is 20.3. The second kappa shape index (κ2) is 7.81. The van der Waals surface area contributed by atoms with Gasteiger partial charge in [0, 0.05) is 29.8 Å². The number of hydrogen-bond acceptors (Lipinski definition) is 5. The number of H-pyrrole nitrogens is 2. The van der Waals surface area contributed by atoms with Gasteiger partial charge in [0.25, 0.3) is 0 Å². The van der Waals surface area contributed by atoms with Gasteiger partial charge in [-0.3, -0.25) is 0 Å². The Balaban J connectivity index is 1.37. The van der Waals surface area contributed by atoms with Gasteiger partial charge in [0.15, 0.2) is 5.82 Å². The Morgan fingerprint density at radius 3 is 2.70 bits per heavy atom. The van der Waals surface area contributed by atoms with E-state index in [1.165, 1.54) is 5.56 Å². The lowest BCUT2D eigenvalue weighted by Crippen LogP contribution is -1.91. The fourth-order valence-corrected chi connectivity index (χ4v) is 3.34. The number of aromatic nitrogens is 5. The van der Waals surface area contributed by atoms with Crippen molar-refractivity contribution < 1.29 is 9.84 Å². The molecule has 7 nitrogen and oxygen atoms in total. The summed E-state index contributed by atoms with van der Waals surface area (Å²) in [6, 6.07) is 21.4. The SMILES string of the molecule is OCc1c[nH]c2ccc(Oc3cccc(-c4nnc(Cc5ccccc5)[nH]4)c3)nc12. The average molecular weight is 397 g/mol. The minimum atomic E-state index is -0.0806. The monoisotopic (exact) mass is 397 g/mol. The lowest BCUT2D eigenvalue weighted by Gasteiger charge is -2.06. The van der Waals surface area contributed by atoms with Gasteiger partial charge in [-0.1, -0.05) is 42.5 Å². The Morgan fingerprint density at radius 2 is 1.83 bits per heavy atom. The second-order valence-electron chi connectivity index (χ2n) is 6.93. The minimum Gasteiger partial charge on any atom is -0.439 e. The van der Waals surface area contributed by atoms with Crippen LogP contribution in [0.1, 0.15) is 17.0 Å². The van der Waals surface area contributed by atoms with Crippen molar-refractivity contribution in [1.29, 1.82) is 0 Å². The summed E-state index contributed by atoms with van der Waals surface area (Å²) in [5.41, 5.74) is 4.33. The van der Waals surface area contributed by atoms with Crippen molar-refractivity contribution in [2.75, 3.05) is 0 Å². The highest BCUT2D eigenvalue weighted by Gasteiger charge is 2.10. The highest BCUT2D eigenvalue weighted by atomic mass is 16.5. The van der Waals surface area contributed by atoms with Crippen molar-refractivity contribution >= 4 is 11.0 Å². The van der Waals surface area contributed by atoms with E-state index in [0.29, 0.717) is 29.4 Å². The normalized spacial score (nSPS) is 11.1. The molecular formula is C23H19N5O2. The number of aliphatic hydroxyl groups is 1. The van der Waals surface area contributed by atoms with Crippen molar-refractivity contribution in [3.05, 3.63) is 89.9 Å². The summed E-state index contributed by atoms with van der Waals surface area (Å²) in [4.78, 5) is 10.9. The van der Waals surface area contributed by atoms with Crippen molar-refractivity contribution in [1.82, 2.24) is 25.1 Å². The first-order valence-corrected chi connectivity index (χ1v) is 9.60. The molecule has 0 saturated heterocycles. The smallest absolute Gasteiger partial charge is 0.219 e. The van der Waals surface area contributed by atoms with Gasteiger partial charge < -0.3 is 19.8 Å². The van der Waals surface area contributed by atoms with Crippen LogP contribution in [0, 0.1) is 0 Å². The van der Waals surface area contributed by atoms with E-state index in [-0.39, 0.29) is 6.61 Å². The van der Waals surface area contributed by atoms with Crippen molar-refractivity contribution in [2.45, 2.75) is 13.0 Å². The zero-order valence-electron chi connectivity index (χ0n) is 16.0. The van der Waals surface area contributed by atoms with Crippen LogP contribution < -0.4 is 4.74 Å². The molecule has 3 heterocycles. The Labute approximate surface area is 172 Å². The van der Waals surface area contributed by atoms with E-state index < -0.39 is 0 Å². The number of ether oxygens (including phenoxy) is 1. The van der Waals surface area contributed by atoms with Crippen molar-refractivity contribution in [3.63, 3.8) is 0 Å². The van der Waals surface area contributed by atoms with E-state index in [0.717, 1.165) is 22.5 Å². The Kier molecular flexibility index (Phi) is 4.71. The van der Waals surface area contributed by atoms with Gasteiger partial charge in [-0.25, -0.2) is 4.98 Å². The quantitative estimate of drug-likeness (QED) is 0.398. The average Bonchev–Trinajstić information content (AvgIpc) is 3.41. The van der Waals surface area contributed by atoms with Gasteiger partial charge in [0.2, 0.25) is 5.88 Å². The number of nitrogens with one attached hydrogen (secondary N) is 2. The predicted octanol–water partition coefficient (Wildman–Crippen LogP) is 4.22. The summed E-state index contributed by atoms with van der Waals surface area (Å²) in [7, 11) is 0. The molecule has 0 atom stereocenters. The number of hydrogen-bond donors (Lipinski definition) is 3. The van der Waals surface area contributed by atoms with Gasteiger partial charge >= 0.3 is 0 Å². The summed E-state index contributed by atoms with van der Waals surface area (Å²) in [5, 5.41) is 18.0. The fraction of sp³-hybridized carbons (Fsp3) is 0.0870. The summed E-state index contributed by atoms with van der Waals surface area (Å²) in [6.07, 6.45) is 2.44. The minimum absolute atomic E-state index is 0.0806. The van der Waals surface area contributed by atoms with E-state index >= 15 is 0 Å². The molecule has 0 spiro atoms. The maximum atomic E-state index is 9.45. The van der Waals surface area contributed by atoms with Crippen LogP contribution in [0.3, 0.4) is 0 Å². The number of pyridine rings is 1. The van der Waals surface area contributed by atoms with E-state index in [9.17, 15) is 5.11 Å². The van der Waals surface area contributed by atoms with Crippen LogP contribution in [0.5, 0.6) is 11.6 Å². The second-order valence-corrected chi connectivity index (χ2v) is 6.93. The lowest BCUT2D eigenvalue weighted by molar-refractivity contribution is 0.283. The maximum Gasteiger partial charge on any atom is 0.219 e. The predicted molar refractivity (Wildman–Crippen MR) is 113 cm³/mol. The molecule has 0 aliphatic heterocycles. The zero-order valence-corrected chi connectivity index (χ0v) is 16.0. The molecule has 5 aromatic rings. The molecule has 0 aliphatic rings. The summed E-state index contributed by atoms with van der Waals surface area (Å²) < 4.78 is 5.95. The third-order valence-electron chi connectivity index (χ3n) is 4.82. The van der Waals surface area contributed by atoms with Crippen LogP contribution in [-0.2, 0) is 13.0 Å². The molecule has 0 aliphatic carbocycles. The summed E-state index contributed by atoms with van der Waals surface area (Å²) in [5.74, 6) is 2.58. The summed E-state index contributed by atoms with van der Waals surface area (Å²) >= 11 is 0. The molecule has 30 heavy (non-hydrogen) atoms. The van der Waals surface area contributed by atoms with Crippen LogP contribution in [0.2, 0.25) is 0 Å². The van der Waals surface area contributed by atoms with Crippen molar-refractivity contribution in [3.8, 4) is 23.0 Å². The van der Waals surface area contributed by atoms with E-state index in [1.54, 1.807) is 12.3 Å². The number of aromatic amines is 2. The first kappa shape index (κ1) is 18.1. The van der Waals surface area contributed by atoms with Gasteiger partial charge in [0.05, 0.1) is 17.6 Å². The number of aliphatic hydroxyl groups excluding tert-OH is 1. The number of nitrogens with zero attached hydrogens (tertiary/aromatic N) is 3. The number of rotatable bonds is 6. The third-order valence-corrected chi connectivity index (χ3v) is 4.82. The van der Waals surface area contributed by atoms with Crippen molar-refractivity contribution in [2.24, 2.45) is 0 Å². The molecule has 0 amide bonds. The summed E-state index contributed by atoms with van der Waals surface area (Å²) in [6.45, 7) is -0.0806. The molecule has 0 unspecified atom stereocenters. The molecule has 0 radical (unpaired) electrons. The lowest BCUT2D eigenvalue weighted by atomic mass is 10.1. The van der Waals surface area contributed by atoms with E-state index in [1.807, 2.05) is 48.5 Å². The van der Waals surface area contributed by atoms with Crippen LogP contribution >= 0.6 is 0 Å². The maximum absolute atomic E-state index is 9.45. The first-order chi connectivity index (χ1) is 14.8. The number of fused-ring (bicyclic) bond motifs is 1.